The number of benzene rings is 2. The third kappa shape index (κ3) is 6.77. The van der Waals surface area contributed by atoms with Gasteiger partial charge in [0.2, 0.25) is 23.6 Å². The number of imide groups is 1. The van der Waals surface area contributed by atoms with Crippen molar-refractivity contribution in [1.82, 2.24) is 15.1 Å². The molecule has 8 heteroatoms. The van der Waals surface area contributed by atoms with Gasteiger partial charge in [-0.25, -0.2) is 0 Å². The number of hydrogen-bond donors (Lipinski definition) is 1. The van der Waals surface area contributed by atoms with E-state index < -0.39 is 6.04 Å². The summed E-state index contributed by atoms with van der Waals surface area (Å²) >= 11 is 6.47. The number of amides is 4. The maximum Gasteiger partial charge on any atom is 0.243 e. The zero-order chi connectivity index (χ0) is 27.9. The lowest BCUT2D eigenvalue weighted by Crippen LogP contribution is -2.52. The summed E-state index contributed by atoms with van der Waals surface area (Å²) in [6.45, 7) is 4.03. The number of fused-ring (bicyclic) bond motifs is 1. The highest BCUT2D eigenvalue weighted by atomic mass is 35.5. The lowest BCUT2D eigenvalue weighted by atomic mass is 9.85. The molecular formula is C31H36ClN3O4. The zero-order valence-electron chi connectivity index (χ0n) is 22.5. The van der Waals surface area contributed by atoms with Crippen molar-refractivity contribution in [3.8, 4) is 0 Å². The van der Waals surface area contributed by atoms with Crippen LogP contribution < -0.4 is 5.32 Å². The summed E-state index contributed by atoms with van der Waals surface area (Å²) in [5, 5.41) is 3.54. The first-order chi connectivity index (χ1) is 18.8. The standard InChI is InChI=1S/C31H36ClN3O4/c1-3-21(2)33-29(37)27(19-22-11-5-4-6-12-22)35(20-23-13-7-10-16-26(23)32)28(36)17-18-34-30(38)24-14-8-9-15-25(24)31(34)39/h4-13,16,21,24-25,27H,3,14-15,17-20H2,1-2H3,(H,33,37)/t21-,24-,25+,27+/m0/s1. The van der Waals surface area contributed by atoms with Gasteiger partial charge >= 0.3 is 0 Å². The molecular weight excluding hydrogens is 514 g/mol. The predicted molar refractivity (Wildman–Crippen MR) is 151 cm³/mol. The topological polar surface area (TPSA) is 86.8 Å². The molecule has 1 aliphatic heterocycles. The number of nitrogens with zero attached hydrogens (tertiary/aromatic N) is 2. The summed E-state index contributed by atoms with van der Waals surface area (Å²) in [4.78, 5) is 56.2. The lowest BCUT2D eigenvalue weighted by molar-refractivity contribution is -0.144. The van der Waals surface area contributed by atoms with Crippen LogP contribution in [-0.2, 0) is 32.1 Å². The Labute approximate surface area is 235 Å². The van der Waals surface area contributed by atoms with Crippen molar-refractivity contribution in [2.75, 3.05) is 6.54 Å². The average molecular weight is 550 g/mol. The van der Waals surface area contributed by atoms with Gasteiger partial charge in [0, 0.05) is 37.0 Å². The zero-order valence-corrected chi connectivity index (χ0v) is 23.3. The fraction of sp³-hybridized carbons (Fsp3) is 0.419. The summed E-state index contributed by atoms with van der Waals surface area (Å²) in [5.41, 5.74) is 1.63. The van der Waals surface area contributed by atoms with Gasteiger partial charge in [-0.1, -0.05) is 79.2 Å². The van der Waals surface area contributed by atoms with E-state index in [4.69, 9.17) is 11.6 Å². The number of allylic oxidation sites excluding steroid dienone is 2. The fourth-order valence-corrected chi connectivity index (χ4v) is 5.44. The molecule has 0 aromatic heterocycles. The first kappa shape index (κ1) is 28.6. The van der Waals surface area contributed by atoms with Crippen LogP contribution in [0.4, 0.5) is 0 Å². The molecule has 2 aliphatic rings. The van der Waals surface area contributed by atoms with E-state index in [1.165, 1.54) is 4.90 Å². The number of nitrogens with one attached hydrogen (secondary N) is 1. The minimum Gasteiger partial charge on any atom is -0.352 e. The highest BCUT2D eigenvalue weighted by Gasteiger charge is 2.47. The minimum absolute atomic E-state index is 0.00639. The van der Waals surface area contributed by atoms with E-state index in [9.17, 15) is 19.2 Å². The molecule has 1 saturated heterocycles. The Balaban J connectivity index is 1.60. The van der Waals surface area contributed by atoms with Crippen molar-refractivity contribution in [3.63, 3.8) is 0 Å². The predicted octanol–water partition coefficient (Wildman–Crippen LogP) is 4.54. The molecule has 1 aliphatic carbocycles. The van der Waals surface area contributed by atoms with Crippen molar-refractivity contribution in [1.29, 1.82) is 0 Å². The van der Waals surface area contributed by atoms with Crippen LogP contribution in [0.15, 0.2) is 66.7 Å². The van der Waals surface area contributed by atoms with Gasteiger partial charge in [0.25, 0.3) is 0 Å². The van der Waals surface area contributed by atoms with Gasteiger partial charge in [0.1, 0.15) is 6.04 Å². The molecule has 7 nitrogen and oxygen atoms in total. The highest BCUT2D eigenvalue weighted by Crippen LogP contribution is 2.35. The number of hydrogen-bond acceptors (Lipinski definition) is 4. The second kappa shape index (κ2) is 13.1. The van der Waals surface area contributed by atoms with Crippen molar-refractivity contribution >= 4 is 35.2 Å². The Kier molecular flexibility index (Phi) is 9.57. The molecule has 0 bridgehead atoms. The van der Waals surface area contributed by atoms with Crippen LogP contribution in [0.2, 0.25) is 5.02 Å². The van der Waals surface area contributed by atoms with E-state index in [1.54, 1.807) is 11.0 Å². The number of likely N-dealkylation sites (tertiary alicyclic amines) is 1. The van der Waals surface area contributed by atoms with E-state index >= 15 is 0 Å². The molecule has 1 fully saturated rings. The van der Waals surface area contributed by atoms with Crippen molar-refractivity contribution < 1.29 is 19.2 Å². The summed E-state index contributed by atoms with van der Waals surface area (Å²) in [6, 6.07) is 15.9. The molecule has 0 spiro atoms. The van der Waals surface area contributed by atoms with E-state index in [-0.39, 0.29) is 61.0 Å². The normalized spacial score (nSPS) is 19.9. The quantitative estimate of drug-likeness (QED) is 0.329. The Bertz CT molecular complexity index is 1210. The molecule has 1 heterocycles. The van der Waals surface area contributed by atoms with Crippen LogP contribution in [0, 0.1) is 11.8 Å². The molecule has 4 atom stereocenters. The number of halogens is 1. The Morgan fingerprint density at radius 3 is 2.23 bits per heavy atom. The van der Waals surface area contributed by atoms with Crippen LogP contribution in [0.1, 0.15) is 50.7 Å². The second-order valence-corrected chi connectivity index (χ2v) is 10.8. The fourth-order valence-electron chi connectivity index (χ4n) is 5.25. The maximum absolute atomic E-state index is 13.9. The van der Waals surface area contributed by atoms with Crippen LogP contribution in [-0.4, -0.2) is 52.1 Å². The third-order valence-corrected chi connectivity index (χ3v) is 8.09. The van der Waals surface area contributed by atoms with Crippen molar-refractivity contribution in [2.45, 2.75) is 64.6 Å². The number of carbonyl (C=O) groups excluding carboxylic acids is 4. The molecule has 1 N–H and O–H groups in total. The van der Waals surface area contributed by atoms with Gasteiger partial charge in [0.05, 0.1) is 11.8 Å². The Morgan fingerprint density at radius 2 is 1.62 bits per heavy atom. The molecule has 0 radical (unpaired) electrons. The van der Waals surface area contributed by atoms with Crippen molar-refractivity contribution in [3.05, 3.63) is 82.9 Å². The van der Waals surface area contributed by atoms with Crippen LogP contribution in [0.3, 0.4) is 0 Å². The number of carbonyl (C=O) groups is 4. The van der Waals surface area contributed by atoms with Gasteiger partial charge in [-0.2, -0.15) is 0 Å². The molecule has 206 valence electrons. The summed E-state index contributed by atoms with van der Waals surface area (Å²) in [7, 11) is 0. The van der Waals surface area contributed by atoms with Crippen LogP contribution >= 0.6 is 11.6 Å². The van der Waals surface area contributed by atoms with Gasteiger partial charge in [-0.3, -0.25) is 24.1 Å². The molecule has 0 saturated carbocycles. The summed E-state index contributed by atoms with van der Waals surface area (Å²) < 4.78 is 0. The molecule has 2 aromatic rings. The Morgan fingerprint density at radius 1 is 1.00 bits per heavy atom. The molecule has 4 rings (SSSR count). The molecule has 2 aromatic carbocycles. The average Bonchev–Trinajstić information content (AvgIpc) is 3.19. The molecule has 0 unspecified atom stereocenters. The molecule has 39 heavy (non-hydrogen) atoms. The Hall–Kier alpha value is -3.45. The van der Waals surface area contributed by atoms with E-state index in [0.717, 1.165) is 12.0 Å². The lowest BCUT2D eigenvalue weighted by Gasteiger charge is -2.33. The highest BCUT2D eigenvalue weighted by molar-refractivity contribution is 6.31. The largest absolute Gasteiger partial charge is 0.352 e. The van der Waals surface area contributed by atoms with Crippen LogP contribution in [0.25, 0.3) is 0 Å². The molecule has 4 amide bonds. The van der Waals surface area contributed by atoms with E-state index in [0.29, 0.717) is 29.8 Å². The summed E-state index contributed by atoms with van der Waals surface area (Å²) in [6.07, 6.45) is 5.97. The van der Waals surface area contributed by atoms with Gasteiger partial charge < -0.3 is 10.2 Å². The van der Waals surface area contributed by atoms with Gasteiger partial charge in [0.15, 0.2) is 0 Å². The number of rotatable bonds is 11. The minimum atomic E-state index is -0.804. The second-order valence-electron chi connectivity index (χ2n) is 10.4. The van der Waals surface area contributed by atoms with Gasteiger partial charge in [-0.05, 0) is 43.4 Å². The van der Waals surface area contributed by atoms with E-state index in [1.807, 2.05) is 74.5 Å². The monoisotopic (exact) mass is 549 g/mol. The SMILES string of the molecule is CC[C@H](C)NC(=O)[C@@H](Cc1ccccc1)N(Cc1ccccc1Cl)C(=O)CCN1C(=O)[C@H]2CC=CC[C@H]2C1=O. The van der Waals surface area contributed by atoms with E-state index in [2.05, 4.69) is 5.32 Å². The summed E-state index contributed by atoms with van der Waals surface area (Å²) in [5.74, 6) is -1.68. The van der Waals surface area contributed by atoms with Crippen LogP contribution in [0.5, 0.6) is 0 Å². The maximum atomic E-state index is 13.9. The third-order valence-electron chi connectivity index (χ3n) is 7.72. The first-order valence-electron chi connectivity index (χ1n) is 13.7. The van der Waals surface area contributed by atoms with Crippen molar-refractivity contribution in [2.24, 2.45) is 11.8 Å². The first-order valence-corrected chi connectivity index (χ1v) is 14.0. The van der Waals surface area contributed by atoms with Gasteiger partial charge in [-0.15, -0.1) is 0 Å². The smallest absolute Gasteiger partial charge is 0.243 e.